The van der Waals surface area contributed by atoms with Crippen LogP contribution in [0.3, 0.4) is 0 Å². The zero-order chi connectivity index (χ0) is 19.9. The van der Waals surface area contributed by atoms with Crippen molar-refractivity contribution in [3.8, 4) is 0 Å². The first kappa shape index (κ1) is 23.6. The third-order valence-corrected chi connectivity index (χ3v) is 6.10. The van der Waals surface area contributed by atoms with Crippen LogP contribution in [0, 0.1) is 0 Å². The Hall–Kier alpha value is -1.10. The van der Waals surface area contributed by atoms with Crippen molar-refractivity contribution in [3.05, 3.63) is 29.8 Å². The number of likely N-dealkylation sites (tertiary alicyclic amines) is 1. The van der Waals surface area contributed by atoms with E-state index in [4.69, 9.17) is 14.5 Å². The minimum atomic E-state index is 0. The Labute approximate surface area is 197 Å². The van der Waals surface area contributed by atoms with Crippen LogP contribution in [0.4, 0.5) is 5.69 Å². The van der Waals surface area contributed by atoms with E-state index in [0.717, 1.165) is 78.2 Å². The molecule has 0 radical (unpaired) electrons. The number of rotatable bonds is 5. The minimum absolute atomic E-state index is 0. The van der Waals surface area contributed by atoms with E-state index in [1.807, 2.05) is 0 Å². The summed E-state index contributed by atoms with van der Waals surface area (Å²) in [5.74, 6) is 1.04. The van der Waals surface area contributed by atoms with Gasteiger partial charge in [-0.15, -0.1) is 24.0 Å². The SMILES string of the molecule is CCNC(=NCc1ccccc1N1CCOCC1)N1CCC(N2CCOCC2)C1.I. The van der Waals surface area contributed by atoms with Gasteiger partial charge in [0.1, 0.15) is 0 Å². The molecular formula is C22H36IN5O2. The van der Waals surface area contributed by atoms with E-state index in [1.54, 1.807) is 0 Å². The van der Waals surface area contributed by atoms with Crippen LogP contribution in [0.2, 0.25) is 0 Å². The van der Waals surface area contributed by atoms with Gasteiger partial charge in [0.05, 0.1) is 33.0 Å². The summed E-state index contributed by atoms with van der Waals surface area (Å²) in [7, 11) is 0. The molecule has 3 saturated heterocycles. The molecule has 1 atom stereocenters. The summed E-state index contributed by atoms with van der Waals surface area (Å²) < 4.78 is 11.0. The maximum atomic E-state index is 5.52. The summed E-state index contributed by atoms with van der Waals surface area (Å²) in [6.45, 7) is 13.2. The van der Waals surface area contributed by atoms with Crippen molar-refractivity contribution in [2.24, 2.45) is 4.99 Å². The number of aliphatic imine (C=N–C) groups is 1. The molecule has 1 aromatic rings. The van der Waals surface area contributed by atoms with Crippen molar-refractivity contribution in [2.75, 3.05) is 77.1 Å². The molecule has 4 rings (SSSR count). The number of morpholine rings is 2. The Balaban J connectivity index is 0.00000256. The summed E-state index contributed by atoms with van der Waals surface area (Å²) in [6.07, 6.45) is 1.20. The van der Waals surface area contributed by atoms with E-state index in [9.17, 15) is 0 Å². The van der Waals surface area contributed by atoms with Gasteiger partial charge in [0.2, 0.25) is 0 Å². The van der Waals surface area contributed by atoms with E-state index in [1.165, 1.54) is 17.7 Å². The molecule has 0 saturated carbocycles. The molecule has 0 spiro atoms. The number of anilines is 1. The number of benzene rings is 1. The molecule has 3 fully saturated rings. The van der Waals surface area contributed by atoms with E-state index in [2.05, 4.69) is 51.2 Å². The highest BCUT2D eigenvalue weighted by atomic mass is 127. The van der Waals surface area contributed by atoms with Crippen molar-refractivity contribution >= 4 is 35.6 Å². The zero-order valence-corrected chi connectivity index (χ0v) is 20.4. The van der Waals surface area contributed by atoms with Crippen LogP contribution in [0.15, 0.2) is 29.3 Å². The molecular weight excluding hydrogens is 493 g/mol. The monoisotopic (exact) mass is 529 g/mol. The number of hydrogen-bond donors (Lipinski definition) is 1. The van der Waals surface area contributed by atoms with Gasteiger partial charge < -0.3 is 24.6 Å². The normalized spacial score (nSPS) is 23.4. The summed E-state index contributed by atoms with van der Waals surface area (Å²) in [5, 5.41) is 3.52. The van der Waals surface area contributed by atoms with E-state index in [-0.39, 0.29) is 24.0 Å². The lowest BCUT2D eigenvalue weighted by Gasteiger charge is -2.32. The fourth-order valence-corrected chi connectivity index (χ4v) is 4.52. The molecule has 1 aromatic carbocycles. The number of halogens is 1. The maximum Gasteiger partial charge on any atom is 0.194 e. The first-order valence-electron chi connectivity index (χ1n) is 11.1. The smallest absolute Gasteiger partial charge is 0.194 e. The minimum Gasteiger partial charge on any atom is -0.379 e. The molecule has 30 heavy (non-hydrogen) atoms. The van der Waals surface area contributed by atoms with Crippen LogP contribution >= 0.6 is 24.0 Å². The summed E-state index contributed by atoms with van der Waals surface area (Å²) in [6, 6.07) is 9.28. The van der Waals surface area contributed by atoms with Crippen LogP contribution in [0.25, 0.3) is 0 Å². The van der Waals surface area contributed by atoms with Gasteiger partial charge in [0.15, 0.2) is 5.96 Å². The zero-order valence-electron chi connectivity index (χ0n) is 18.1. The second-order valence-electron chi connectivity index (χ2n) is 7.94. The standard InChI is InChI=1S/C22H35N5O2.HI/c1-2-23-22(27-8-7-20(18-27)25-9-13-28-14-10-25)24-17-19-5-3-4-6-21(19)26-11-15-29-16-12-26;/h3-6,20H,2,7-18H2,1H3,(H,23,24);1H. The fraction of sp³-hybridized carbons (Fsp3) is 0.682. The number of hydrogen-bond acceptors (Lipinski definition) is 5. The van der Waals surface area contributed by atoms with Gasteiger partial charge >= 0.3 is 0 Å². The molecule has 0 bridgehead atoms. The lowest BCUT2D eigenvalue weighted by atomic mass is 10.1. The first-order chi connectivity index (χ1) is 14.3. The summed E-state index contributed by atoms with van der Waals surface area (Å²) in [5.41, 5.74) is 2.58. The van der Waals surface area contributed by atoms with Crippen molar-refractivity contribution in [2.45, 2.75) is 25.9 Å². The number of guanidine groups is 1. The largest absolute Gasteiger partial charge is 0.379 e. The molecule has 8 heteroatoms. The Kier molecular flexibility index (Phi) is 9.48. The molecule has 1 N–H and O–H groups in total. The molecule has 168 valence electrons. The van der Waals surface area contributed by atoms with Gasteiger partial charge in [-0.3, -0.25) is 4.90 Å². The Morgan fingerprint density at radius 3 is 2.47 bits per heavy atom. The third kappa shape index (κ3) is 5.99. The van der Waals surface area contributed by atoms with Gasteiger partial charge in [-0.2, -0.15) is 0 Å². The predicted molar refractivity (Wildman–Crippen MR) is 132 cm³/mol. The molecule has 3 aliphatic heterocycles. The van der Waals surface area contributed by atoms with Gasteiger partial charge in [-0.05, 0) is 25.0 Å². The third-order valence-electron chi connectivity index (χ3n) is 6.10. The van der Waals surface area contributed by atoms with Crippen LogP contribution in [0.5, 0.6) is 0 Å². The summed E-state index contributed by atoms with van der Waals surface area (Å²) >= 11 is 0. The molecule has 1 unspecified atom stereocenters. The number of ether oxygens (including phenoxy) is 2. The second-order valence-corrected chi connectivity index (χ2v) is 7.94. The Morgan fingerprint density at radius 1 is 1.03 bits per heavy atom. The maximum absolute atomic E-state index is 5.52. The molecule has 7 nitrogen and oxygen atoms in total. The molecule has 0 aromatic heterocycles. The second kappa shape index (κ2) is 12.1. The Morgan fingerprint density at radius 2 is 1.73 bits per heavy atom. The first-order valence-corrected chi connectivity index (χ1v) is 11.1. The van der Waals surface area contributed by atoms with Gasteiger partial charge in [-0.25, -0.2) is 4.99 Å². The van der Waals surface area contributed by atoms with Crippen LogP contribution in [-0.4, -0.2) is 94.0 Å². The Bertz CT molecular complexity index is 677. The molecule has 3 heterocycles. The molecule has 3 aliphatic rings. The van der Waals surface area contributed by atoms with Gasteiger partial charge in [-0.1, -0.05) is 18.2 Å². The van der Waals surface area contributed by atoms with E-state index < -0.39 is 0 Å². The highest BCUT2D eigenvalue weighted by Crippen LogP contribution is 2.23. The fourth-order valence-electron chi connectivity index (χ4n) is 4.52. The lowest BCUT2D eigenvalue weighted by Crippen LogP contribution is -2.46. The predicted octanol–water partition coefficient (Wildman–Crippen LogP) is 2.01. The van der Waals surface area contributed by atoms with Gasteiger partial charge in [0.25, 0.3) is 0 Å². The number of nitrogens with one attached hydrogen (secondary N) is 1. The van der Waals surface area contributed by atoms with E-state index >= 15 is 0 Å². The van der Waals surface area contributed by atoms with Crippen molar-refractivity contribution < 1.29 is 9.47 Å². The van der Waals surface area contributed by atoms with Crippen LogP contribution < -0.4 is 10.2 Å². The van der Waals surface area contributed by atoms with Crippen LogP contribution in [0.1, 0.15) is 18.9 Å². The van der Waals surface area contributed by atoms with Crippen molar-refractivity contribution in [3.63, 3.8) is 0 Å². The highest BCUT2D eigenvalue weighted by Gasteiger charge is 2.30. The van der Waals surface area contributed by atoms with E-state index in [0.29, 0.717) is 12.6 Å². The topological polar surface area (TPSA) is 52.6 Å². The van der Waals surface area contributed by atoms with Gasteiger partial charge in [0, 0.05) is 57.5 Å². The molecule has 0 aliphatic carbocycles. The summed E-state index contributed by atoms with van der Waals surface area (Å²) in [4.78, 5) is 12.5. The average molecular weight is 529 g/mol. The highest BCUT2D eigenvalue weighted by molar-refractivity contribution is 14.0. The number of para-hydroxylation sites is 1. The quantitative estimate of drug-likeness (QED) is 0.358. The number of nitrogens with zero attached hydrogens (tertiary/aromatic N) is 4. The van der Waals surface area contributed by atoms with Crippen LogP contribution in [-0.2, 0) is 16.0 Å². The average Bonchev–Trinajstić information content (AvgIpc) is 3.28. The van der Waals surface area contributed by atoms with Crippen molar-refractivity contribution in [1.29, 1.82) is 0 Å². The molecule has 0 amide bonds. The lowest BCUT2D eigenvalue weighted by molar-refractivity contribution is 0.0195. The van der Waals surface area contributed by atoms with Crippen molar-refractivity contribution in [1.82, 2.24) is 15.1 Å².